The first-order valence-corrected chi connectivity index (χ1v) is 11.3. The Bertz CT molecular complexity index is 1340. The highest BCUT2D eigenvalue weighted by Crippen LogP contribution is 2.45. The predicted molar refractivity (Wildman–Crippen MR) is 123 cm³/mol. The predicted octanol–water partition coefficient (Wildman–Crippen LogP) is 4.53. The van der Waals surface area contributed by atoms with E-state index in [0.29, 0.717) is 29.8 Å². The molecule has 0 spiro atoms. The summed E-state index contributed by atoms with van der Waals surface area (Å²) in [5, 5.41) is 13.2. The third kappa shape index (κ3) is 3.47. The van der Waals surface area contributed by atoms with Gasteiger partial charge in [0.1, 0.15) is 0 Å². The normalized spacial score (nSPS) is 15.9. The second-order valence-electron chi connectivity index (χ2n) is 9.13. The highest BCUT2D eigenvalue weighted by molar-refractivity contribution is 6.12. The van der Waals surface area contributed by atoms with Gasteiger partial charge >= 0.3 is 0 Å². The molecule has 0 unspecified atom stereocenters. The van der Waals surface area contributed by atoms with Gasteiger partial charge in [0.2, 0.25) is 0 Å². The summed E-state index contributed by atoms with van der Waals surface area (Å²) in [6.07, 6.45) is 6.42. The van der Waals surface area contributed by atoms with Crippen molar-refractivity contribution in [3.05, 3.63) is 70.7 Å². The first kappa shape index (κ1) is 19.2. The molecule has 0 atom stereocenters. The molecule has 1 amide bonds. The Labute approximate surface area is 186 Å². The van der Waals surface area contributed by atoms with Crippen molar-refractivity contribution in [2.45, 2.75) is 51.0 Å². The lowest BCUT2D eigenvalue weighted by Gasteiger charge is -2.08. The van der Waals surface area contributed by atoms with E-state index in [0.717, 1.165) is 48.1 Å². The minimum Gasteiger partial charge on any atom is -0.305 e. The summed E-state index contributed by atoms with van der Waals surface area (Å²) in [6.45, 7) is 2.77. The molecule has 3 aromatic heterocycles. The second kappa shape index (κ2) is 7.29. The quantitative estimate of drug-likeness (QED) is 0.491. The Kier molecular flexibility index (Phi) is 4.38. The van der Waals surface area contributed by atoms with Crippen molar-refractivity contribution < 1.29 is 4.79 Å². The maximum atomic E-state index is 13.4. The van der Waals surface area contributed by atoms with Gasteiger partial charge in [0.15, 0.2) is 11.5 Å². The minimum atomic E-state index is -0.143. The summed E-state index contributed by atoms with van der Waals surface area (Å²) in [4.78, 5) is 18.3. The molecule has 0 bridgehead atoms. The molecule has 162 valence electrons. The molecule has 1 N–H and O–H groups in total. The van der Waals surface area contributed by atoms with Gasteiger partial charge in [-0.2, -0.15) is 10.2 Å². The summed E-state index contributed by atoms with van der Waals surface area (Å²) in [5.41, 5.74) is 5.92. The molecule has 4 aromatic rings. The van der Waals surface area contributed by atoms with E-state index in [1.807, 2.05) is 46.9 Å². The fraction of sp³-hybridized carbons (Fsp3) is 0.360. The molecule has 7 nitrogen and oxygen atoms in total. The van der Waals surface area contributed by atoms with E-state index in [2.05, 4.69) is 29.5 Å². The zero-order valence-electron chi connectivity index (χ0n) is 18.4. The van der Waals surface area contributed by atoms with Crippen molar-refractivity contribution >= 4 is 22.8 Å². The van der Waals surface area contributed by atoms with E-state index in [1.54, 1.807) is 0 Å². The SMILES string of the molecule is Cc1ccccc1Cn1ccc(NC(=O)c2cc(C3CC3)nc3c2c(C2CC2)nn3C)n1. The van der Waals surface area contributed by atoms with Crippen LogP contribution in [0.1, 0.15) is 70.4 Å². The number of benzene rings is 1. The number of anilines is 1. The minimum absolute atomic E-state index is 0.143. The number of carbonyl (C=O) groups is 1. The number of hydrogen-bond acceptors (Lipinski definition) is 4. The first-order chi connectivity index (χ1) is 15.6. The smallest absolute Gasteiger partial charge is 0.257 e. The number of aryl methyl sites for hydroxylation is 2. The number of nitrogens with one attached hydrogen (secondary N) is 1. The van der Waals surface area contributed by atoms with Crippen LogP contribution in [0.5, 0.6) is 0 Å². The number of rotatable bonds is 6. The van der Waals surface area contributed by atoms with Crippen LogP contribution in [0.25, 0.3) is 11.0 Å². The summed E-state index contributed by atoms with van der Waals surface area (Å²) in [6, 6.07) is 12.1. The monoisotopic (exact) mass is 426 g/mol. The average Bonchev–Trinajstić information content (AvgIpc) is 3.71. The van der Waals surface area contributed by atoms with Crippen molar-refractivity contribution in [3.63, 3.8) is 0 Å². The molecule has 0 saturated heterocycles. The van der Waals surface area contributed by atoms with Gasteiger partial charge in [-0.05, 0) is 49.8 Å². The van der Waals surface area contributed by atoms with Crippen LogP contribution in [0.4, 0.5) is 5.82 Å². The van der Waals surface area contributed by atoms with Gasteiger partial charge < -0.3 is 5.32 Å². The summed E-state index contributed by atoms with van der Waals surface area (Å²) >= 11 is 0. The van der Waals surface area contributed by atoms with Gasteiger partial charge in [0.05, 0.1) is 23.2 Å². The first-order valence-electron chi connectivity index (χ1n) is 11.3. The van der Waals surface area contributed by atoms with E-state index < -0.39 is 0 Å². The summed E-state index contributed by atoms with van der Waals surface area (Å²) in [5.74, 6) is 1.31. The van der Waals surface area contributed by atoms with E-state index >= 15 is 0 Å². The van der Waals surface area contributed by atoms with Crippen molar-refractivity contribution in [1.82, 2.24) is 24.5 Å². The van der Waals surface area contributed by atoms with Crippen molar-refractivity contribution in [1.29, 1.82) is 0 Å². The van der Waals surface area contributed by atoms with Gasteiger partial charge in [-0.1, -0.05) is 24.3 Å². The number of pyridine rings is 1. The Morgan fingerprint density at radius 1 is 1.09 bits per heavy atom. The molecule has 2 aliphatic carbocycles. The zero-order valence-corrected chi connectivity index (χ0v) is 18.4. The summed E-state index contributed by atoms with van der Waals surface area (Å²) < 4.78 is 3.69. The number of fused-ring (bicyclic) bond motifs is 1. The highest BCUT2D eigenvalue weighted by Gasteiger charge is 2.33. The second-order valence-corrected chi connectivity index (χ2v) is 9.13. The van der Waals surface area contributed by atoms with Crippen LogP contribution in [0.15, 0.2) is 42.6 Å². The standard InChI is InChI=1S/C25H26N6O/c1-15-5-3-4-6-18(15)14-31-12-11-21(28-31)27-25(32)19-13-20(16-7-8-16)26-24-22(19)23(17-9-10-17)29-30(24)2/h3-6,11-13,16-17H,7-10,14H2,1-2H3,(H,27,28,32). The molecule has 1 aromatic carbocycles. The molecule has 2 fully saturated rings. The lowest BCUT2D eigenvalue weighted by Crippen LogP contribution is -2.15. The number of amides is 1. The molecule has 3 heterocycles. The van der Waals surface area contributed by atoms with Gasteiger partial charge in [-0.15, -0.1) is 0 Å². The summed E-state index contributed by atoms with van der Waals surface area (Å²) in [7, 11) is 1.92. The third-order valence-electron chi connectivity index (χ3n) is 6.52. The van der Waals surface area contributed by atoms with Crippen LogP contribution in [0.2, 0.25) is 0 Å². The maximum absolute atomic E-state index is 13.4. The zero-order chi connectivity index (χ0) is 21.8. The van der Waals surface area contributed by atoms with Gasteiger partial charge in [0, 0.05) is 36.8 Å². The largest absolute Gasteiger partial charge is 0.305 e. The molecule has 7 heteroatoms. The average molecular weight is 427 g/mol. The van der Waals surface area contributed by atoms with Crippen LogP contribution in [-0.4, -0.2) is 30.5 Å². The van der Waals surface area contributed by atoms with Crippen molar-refractivity contribution in [3.8, 4) is 0 Å². The molecular weight excluding hydrogens is 400 g/mol. The van der Waals surface area contributed by atoms with Crippen LogP contribution in [0, 0.1) is 6.92 Å². The molecule has 2 saturated carbocycles. The van der Waals surface area contributed by atoms with Gasteiger partial charge in [-0.25, -0.2) is 4.98 Å². The molecular formula is C25H26N6O. The Morgan fingerprint density at radius 2 is 1.88 bits per heavy atom. The van der Waals surface area contributed by atoms with E-state index in [9.17, 15) is 4.79 Å². The number of carbonyl (C=O) groups excluding carboxylic acids is 1. The number of aromatic nitrogens is 5. The lowest BCUT2D eigenvalue weighted by molar-refractivity contribution is 0.102. The van der Waals surface area contributed by atoms with Gasteiger partial charge in [-0.3, -0.25) is 14.2 Å². The topological polar surface area (TPSA) is 77.6 Å². The Balaban J connectivity index is 1.32. The van der Waals surface area contributed by atoms with Crippen LogP contribution >= 0.6 is 0 Å². The maximum Gasteiger partial charge on any atom is 0.257 e. The molecule has 0 aliphatic heterocycles. The fourth-order valence-electron chi connectivity index (χ4n) is 4.37. The number of hydrogen-bond donors (Lipinski definition) is 1. The van der Waals surface area contributed by atoms with Crippen molar-refractivity contribution in [2.75, 3.05) is 5.32 Å². The van der Waals surface area contributed by atoms with Crippen LogP contribution in [0.3, 0.4) is 0 Å². The van der Waals surface area contributed by atoms with Gasteiger partial charge in [0.25, 0.3) is 5.91 Å². The van der Waals surface area contributed by atoms with E-state index in [4.69, 9.17) is 10.1 Å². The molecule has 0 radical (unpaired) electrons. The number of nitrogens with zero attached hydrogens (tertiary/aromatic N) is 5. The highest BCUT2D eigenvalue weighted by atomic mass is 16.1. The van der Waals surface area contributed by atoms with E-state index in [-0.39, 0.29) is 5.91 Å². The van der Waals surface area contributed by atoms with Crippen LogP contribution < -0.4 is 5.32 Å². The molecule has 2 aliphatic rings. The lowest BCUT2D eigenvalue weighted by atomic mass is 10.0. The Morgan fingerprint density at radius 3 is 2.62 bits per heavy atom. The van der Waals surface area contributed by atoms with E-state index in [1.165, 1.54) is 11.1 Å². The van der Waals surface area contributed by atoms with Crippen LogP contribution in [-0.2, 0) is 13.6 Å². The third-order valence-corrected chi connectivity index (χ3v) is 6.52. The molecule has 32 heavy (non-hydrogen) atoms. The molecule has 6 rings (SSSR count). The Hall–Kier alpha value is -3.48. The fourth-order valence-corrected chi connectivity index (χ4v) is 4.37. The van der Waals surface area contributed by atoms with Crippen molar-refractivity contribution in [2.24, 2.45) is 7.05 Å².